The molecule has 128 valence electrons. The SMILES string of the molecule is Brc1ccc(COc2ccc3ccccc3c2/C=N\n2cnnc2)cc1. The minimum atomic E-state index is 0.485. The number of fused-ring (bicyclic) bond motifs is 1. The van der Waals surface area contributed by atoms with Gasteiger partial charge in [-0.2, -0.15) is 5.10 Å². The van der Waals surface area contributed by atoms with E-state index in [1.165, 1.54) is 0 Å². The molecule has 1 heterocycles. The summed E-state index contributed by atoms with van der Waals surface area (Å²) in [5.41, 5.74) is 2.02. The van der Waals surface area contributed by atoms with Gasteiger partial charge in [0, 0.05) is 10.0 Å². The summed E-state index contributed by atoms with van der Waals surface area (Å²) in [4.78, 5) is 0. The van der Waals surface area contributed by atoms with E-state index in [4.69, 9.17) is 4.74 Å². The van der Waals surface area contributed by atoms with Crippen LogP contribution in [0.5, 0.6) is 5.75 Å². The Balaban J connectivity index is 1.68. The molecule has 4 aromatic rings. The molecule has 0 fully saturated rings. The molecule has 0 aliphatic heterocycles. The summed E-state index contributed by atoms with van der Waals surface area (Å²) in [7, 11) is 0. The van der Waals surface area contributed by atoms with Gasteiger partial charge in [-0.3, -0.25) is 0 Å². The lowest BCUT2D eigenvalue weighted by Crippen LogP contribution is -2.00. The second-order valence-corrected chi connectivity index (χ2v) is 6.62. The van der Waals surface area contributed by atoms with E-state index in [1.54, 1.807) is 23.5 Å². The fourth-order valence-electron chi connectivity index (χ4n) is 2.66. The molecule has 0 bridgehead atoms. The third-order valence-electron chi connectivity index (χ3n) is 3.97. The second-order valence-electron chi connectivity index (χ2n) is 5.70. The third-order valence-corrected chi connectivity index (χ3v) is 4.49. The first kappa shape index (κ1) is 16.5. The molecule has 0 saturated heterocycles. The number of ether oxygens (including phenoxy) is 1. The van der Waals surface area contributed by atoms with E-state index in [0.717, 1.165) is 32.1 Å². The highest BCUT2D eigenvalue weighted by Gasteiger charge is 2.08. The normalized spacial score (nSPS) is 11.3. The lowest BCUT2D eigenvalue weighted by molar-refractivity contribution is 0.306. The van der Waals surface area contributed by atoms with Gasteiger partial charge in [0.05, 0.1) is 6.21 Å². The van der Waals surface area contributed by atoms with E-state index >= 15 is 0 Å². The zero-order valence-electron chi connectivity index (χ0n) is 13.8. The van der Waals surface area contributed by atoms with Gasteiger partial charge in [0.15, 0.2) is 0 Å². The minimum absolute atomic E-state index is 0.485. The van der Waals surface area contributed by atoms with Crippen LogP contribution >= 0.6 is 15.9 Å². The van der Waals surface area contributed by atoms with Crippen LogP contribution in [0.4, 0.5) is 0 Å². The molecule has 4 rings (SSSR count). The van der Waals surface area contributed by atoms with Gasteiger partial charge in [-0.1, -0.05) is 58.4 Å². The van der Waals surface area contributed by atoms with Crippen LogP contribution in [-0.2, 0) is 6.61 Å². The number of rotatable bonds is 5. The van der Waals surface area contributed by atoms with Crippen molar-refractivity contribution in [1.29, 1.82) is 0 Å². The van der Waals surface area contributed by atoms with E-state index in [0.29, 0.717) is 6.61 Å². The summed E-state index contributed by atoms with van der Waals surface area (Å²) >= 11 is 3.45. The largest absolute Gasteiger partial charge is 0.488 e. The molecule has 0 spiro atoms. The van der Waals surface area contributed by atoms with Gasteiger partial charge >= 0.3 is 0 Å². The predicted octanol–water partition coefficient (Wildman–Crippen LogP) is 4.66. The van der Waals surface area contributed by atoms with Crippen LogP contribution < -0.4 is 4.74 Å². The van der Waals surface area contributed by atoms with E-state index in [1.807, 2.05) is 42.5 Å². The molecule has 0 saturated carbocycles. The molecule has 1 aromatic heterocycles. The summed E-state index contributed by atoms with van der Waals surface area (Å²) in [6.45, 7) is 0.485. The fourth-order valence-corrected chi connectivity index (χ4v) is 2.92. The molecule has 5 nitrogen and oxygen atoms in total. The molecular weight excluding hydrogens is 392 g/mol. The Hall–Kier alpha value is -2.99. The van der Waals surface area contributed by atoms with Gasteiger partial charge < -0.3 is 4.74 Å². The van der Waals surface area contributed by atoms with Crippen molar-refractivity contribution in [2.24, 2.45) is 5.10 Å². The van der Waals surface area contributed by atoms with Crippen molar-refractivity contribution < 1.29 is 4.74 Å². The Kier molecular flexibility index (Phi) is 4.75. The average molecular weight is 407 g/mol. The van der Waals surface area contributed by atoms with Crippen molar-refractivity contribution in [2.45, 2.75) is 6.61 Å². The zero-order chi connectivity index (χ0) is 17.8. The standard InChI is InChI=1S/C20H15BrN4O/c21-17-8-5-15(6-9-17)12-26-20-10-7-16-3-1-2-4-18(16)19(20)11-24-25-13-22-23-14-25/h1-11,13-14H,12H2/b24-11-. The summed E-state index contributed by atoms with van der Waals surface area (Å²) in [5.74, 6) is 0.781. The number of hydrogen-bond donors (Lipinski definition) is 0. The molecule has 0 aliphatic carbocycles. The Labute approximate surface area is 159 Å². The average Bonchev–Trinajstić information content (AvgIpc) is 3.19. The van der Waals surface area contributed by atoms with E-state index in [9.17, 15) is 0 Å². The quantitative estimate of drug-likeness (QED) is 0.453. The van der Waals surface area contributed by atoms with Crippen LogP contribution in [0.15, 0.2) is 82.9 Å². The number of hydrogen-bond acceptors (Lipinski definition) is 4. The van der Waals surface area contributed by atoms with Crippen molar-refractivity contribution >= 4 is 32.9 Å². The van der Waals surface area contributed by atoms with Gasteiger partial charge in [0.25, 0.3) is 0 Å². The minimum Gasteiger partial charge on any atom is -0.488 e. The predicted molar refractivity (Wildman–Crippen MR) is 105 cm³/mol. The second kappa shape index (κ2) is 7.49. The van der Waals surface area contributed by atoms with Gasteiger partial charge in [0.2, 0.25) is 0 Å². The summed E-state index contributed by atoms with van der Waals surface area (Å²) in [6, 6.07) is 20.3. The van der Waals surface area contributed by atoms with Crippen LogP contribution in [0.2, 0.25) is 0 Å². The molecule has 6 heteroatoms. The molecule has 0 N–H and O–H groups in total. The molecule has 0 radical (unpaired) electrons. The highest BCUT2D eigenvalue weighted by molar-refractivity contribution is 9.10. The first-order valence-corrected chi connectivity index (χ1v) is 8.87. The Bertz CT molecular complexity index is 1040. The fraction of sp³-hybridized carbons (Fsp3) is 0.0500. The van der Waals surface area contributed by atoms with Gasteiger partial charge in [-0.15, -0.1) is 10.2 Å². The lowest BCUT2D eigenvalue weighted by Gasteiger charge is -2.12. The maximum absolute atomic E-state index is 6.09. The van der Waals surface area contributed by atoms with Crippen LogP contribution in [-0.4, -0.2) is 21.1 Å². The molecule has 0 amide bonds. The number of aromatic nitrogens is 3. The summed E-state index contributed by atoms with van der Waals surface area (Å²) < 4.78 is 8.70. The van der Waals surface area contributed by atoms with Crippen molar-refractivity contribution in [3.8, 4) is 5.75 Å². The molecule has 0 atom stereocenters. The first-order chi connectivity index (χ1) is 12.8. The highest BCUT2D eigenvalue weighted by Crippen LogP contribution is 2.27. The Morgan fingerprint density at radius 3 is 2.54 bits per heavy atom. The first-order valence-electron chi connectivity index (χ1n) is 8.07. The van der Waals surface area contributed by atoms with Crippen molar-refractivity contribution in [1.82, 2.24) is 14.9 Å². The Morgan fingerprint density at radius 2 is 1.73 bits per heavy atom. The summed E-state index contributed by atoms with van der Waals surface area (Å²) in [6.07, 6.45) is 4.87. The van der Waals surface area contributed by atoms with E-state index in [2.05, 4.69) is 49.4 Å². The maximum Gasteiger partial charge on any atom is 0.141 e. The Morgan fingerprint density at radius 1 is 0.962 bits per heavy atom. The zero-order valence-corrected chi connectivity index (χ0v) is 15.4. The monoisotopic (exact) mass is 406 g/mol. The summed E-state index contributed by atoms with van der Waals surface area (Å²) in [5, 5.41) is 14.1. The number of benzene rings is 3. The molecule has 26 heavy (non-hydrogen) atoms. The van der Waals surface area contributed by atoms with Gasteiger partial charge in [-0.05, 0) is 34.5 Å². The molecule has 3 aromatic carbocycles. The van der Waals surface area contributed by atoms with Crippen LogP contribution in [0.25, 0.3) is 10.8 Å². The third kappa shape index (κ3) is 3.65. The molecule has 0 unspecified atom stereocenters. The van der Waals surface area contributed by atoms with Gasteiger partial charge in [0.1, 0.15) is 25.0 Å². The van der Waals surface area contributed by atoms with Crippen molar-refractivity contribution in [3.05, 3.63) is 88.9 Å². The van der Waals surface area contributed by atoms with E-state index < -0.39 is 0 Å². The lowest BCUT2D eigenvalue weighted by atomic mass is 10.0. The van der Waals surface area contributed by atoms with Crippen LogP contribution in [0, 0.1) is 0 Å². The number of halogens is 1. The topological polar surface area (TPSA) is 52.3 Å². The van der Waals surface area contributed by atoms with Crippen molar-refractivity contribution in [2.75, 3.05) is 0 Å². The maximum atomic E-state index is 6.09. The van der Waals surface area contributed by atoms with Crippen molar-refractivity contribution in [3.63, 3.8) is 0 Å². The van der Waals surface area contributed by atoms with Crippen LogP contribution in [0.1, 0.15) is 11.1 Å². The number of nitrogens with zero attached hydrogens (tertiary/aromatic N) is 4. The van der Waals surface area contributed by atoms with Gasteiger partial charge in [-0.25, -0.2) is 4.68 Å². The molecule has 0 aliphatic rings. The smallest absolute Gasteiger partial charge is 0.141 e. The van der Waals surface area contributed by atoms with Crippen LogP contribution in [0.3, 0.4) is 0 Å². The molecular formula is C20H15BrN4O. The van der Waals surface area contributed by atoms with E-state index in [-0.39, 0.29) is 0 Å². The highest BCUT2D eigenvalue weighted by atomic mass is 79.9.